The van der Waals surface area contributed by atoms with Crippen LogP contribution in [0.5, 0.6) is 0 Å². The summed E-state index contributed by atoms with van der Waals surface area (Å²) in [6.45, 7) is 1.64. The number of hydrogen-bond donors (Lipinski definition) is 0. The summed E-state index contributed by atoms with van der Waals surface area (Å²) in [6.07, 6.45) is 3.09. The lowest BCUT2D eigenvalue weighted by atomic mass is 9.93. The molecule has 4 heteroatoms. The number of rotatable bonds is 4. The van der Waals surface area contributed by atoms with Crippen molar-refractivity contribution in [3.8, 4) is 6.07 Å². The second-order valence-electron chi connectivity index (χ2n) is 7.15. The number of nitriles is 1. The molecule has 134 valence electrons. The quantitative estimate of drug-likeness (QED) is 0.840. The Balaban J connectivity index is 1.86. The summed E-state index contributed by atoms with van der Waals surface area (Å²) in [7, 11) is 4.12. The summed E-state index contributed by atoms with van der Waals surface area (Å²) in [4.78, 5) is 17.2. The number of carbonyl (C=O) groups is 1. The Kier molecular flexibility index (Phi) is 5.70. The van der Waals surface area contributed by atoms with Gasteiger partial charge in [0.15, 0.2) is 0 Å². The third-order valence-corrected chi connectivity index (χ3v) is 4.90. The predicted octanol–water partition coefficient (Wildman–Crippen LogP) is 3.99. The fraction of sp³-hybridized carbons (Fsp3) is 0.364. The molecule has 1 heterocycles. The van der Waals surface area contributed by atoms with Crippen LogP contribution in [0.3, 0.4) is 0 Å². The molecule has 0 saturated carbocycles. The van der Waals surface area contributed by atoms with Crippen LogP contribution in [0.2, 0.25) is 0 Å². The van der Waals surface area contributed by atoms with Gasteiger partial charge in [-0.1, -0.05) is 36.4 Å². The Morgan fingerprint density at radius 1 is 1.15 bits per heavy atom. The van der Waals surface area contributed by atoms with Crippen LogP contribution in [-0.4, -0.2) is 36.3 Å². The molecule has 3 rings (SSSR count). The Morgan fingerprint density at radius 2 is 1.88 bits per heavy atom. The molecule has 1 amide bonds. The zero-order valence-electron chi connectivity index (χ0n) is 15.5. The van der Waals surface area contributed by atoms with Crippen molar-refractivity contribution in [1.29, 1.82) is 5.26 Å². The van der Waals surface area contributed by atoms with Crippen LogP contribution in [-0.2, 0) is 6.54 Å². The molecule has 1 atom stereocenters. The van der Waals surface area contributed by atoms with E-state index in [1.54, 1.807) is 18.2 Å². The smallest absolute Gasteiger partial charge is 0.255 e. The molecule has 1 saturated heterocycles. The normalized spacial score (nSPS) is 17.2. The van der Waals surface area contributed by atoms with E-state index in [-0.39, 0.29) is 11.9 Å². The van der Waals surface area contributed by atoms with Gasteiger partial charge in [0, 0.05) is 13.1 Å². The highest BCUT2D eigenvalue weighted by Crippen LogP contribution is 2.32. The highest BCUT2D eigenvalue weighted by atomic mass is 16.2. The van der Waals surface area contributed by atoms with E-state index in [1.807, 2.05) is 11.0 Å². The summed E-state index contributed by atoms with van der Waals surface area (Å²) in [6, 6.07) is 17.9. The minimum atomic E-state index is -0.0378. The summed E-state index contributed by atoms with van der Waals surface area (Å²) in [5, 5.41) is 9.33. The second kappa shape index (κ2) is 8.16. The van der Waals surface area contributed by atoms with Crippen LogP contribution in [0, 0.1) is 11.3 Å². The van der Waals surface area contributed by atoms with Gasteiger partial charge in [0.25, 0.3) is 5.91 Å². The monoisotopic (exact) mass is 347 g/mol. The molecule has 0 radical (unpaired) electrons. The minimum Gasteiger partial charge on any atom is -0.332 e. The number of amides is 1. The lowest BCUT2D eigenvalue weighted by Gasteiger charge is -2.36. The number of benzene rings is 2. The molecule has 2 aromatic carbocycles. The van der Waals surface area contributed by atoms with E-state index in [2.05, 4.69) is 49.3 Å². The maximum absolute atomic E-state index is 13.1. The molecule has 0 aromatic heterocycles. The molecule has 0 spiro atoms. The first kappa shape index (κ1) is 18.2. The highest BCUT2D eigenvalue weighted by molar-refractivity contribution is 5.97. The predicted molar refractivity (Wildman–Crippen MR) is 103 cm³/mol. The van der Waals surface area contributed by atoms with Gasteiger partial charge >= 0.3 is 0 Å². The van der Waals surface area contributed by atoms with E-state index >= 15 is 0 Å². The van der Waals surface area contributed by atoms with Crippen molar-refractivity contribution in [2.45, 2.75) is 31.8 Å². The standard InChI is InChI=1S/C22H25N3O/c1-24(2)16-17-10-12-18(13-11-17)21-9-5-6-14-25(21)22(26)20-8-4-3-7-19(20)15-23/h3-4,7-8,10-13,21H,5-6,9,14,16H2,1-2H3/t21-/m0/s1. The molecular formula is C22H25N3O. The van der Waals surface area contributed by atoms with Gasteiger partial charge in [-0.2, -0.15) is 5.26 Å². The molecule has 1 aliphatic heterocycles. The Bertz CT molecular complexity index is 805. The topological polar surface area (TPSA) is 47.3 Å². The molecule has 0 unspecified atom stereocenters. The van der Waals surface area contributed by atoms with Gasteiger partial charge in [-0.05, 0) is 56.6 Å². The molecule has 1 fully saturated rings. The highest BCUT2D eigenvalue weighted by Gasteiger charge is 2.29. The molecule has 2 aromatic rings. The van der Waals surface area contributed by atoms with E-state index in [0.29, 0.717) is 11.1 Å². The average Bonchev–Trinajstić information content (AvgIpc) is 2.67. The molecule has 26 heavy (non-hydrogen) atoms. The van der Waals surface area contributed by atoms with Crippen LogP contribution >= 0.6 is 0 Å². The van der Waals surface area contributed by atoms with E-state index in [9.17, 15) is 10.1 Å². The van der Waals surface area contributed by atoms with Gasteiger partial charge in [-0.25, -0.2) is 0 Å². The van der Waals surface area contributed by atoms with Crippen molar-refractivity contribution in [2.24, 2.45) is 0 Å². The van der Waals surface area contributed by atoms with Gasteiger partial charge in [0.1, 0.15) is 0 Å². The second-order valence-corrected chi connectivity index (χ2v) is 7.15. The maximum Gasteiger partial charge on any atom is 0.255 e. The Hall–Kier alpha value is -2.64. The molecular weight excluding hydrogens is 322 g/mol. The number of carbonyl (C=O) groups excluding carboxylic acids is 1. The molecule has 4 nitrogen and oxygen atoms in total. The van der Waals surface area contributed by atoms with Crippen molar-refractivity contribution >= 4 is 5.91 Å². The van der Waals surface area contributed by atoms with E-state index in [4.69, 9.17) is 0 Å². The molecule has 0 bridgehead atoms. The molecule has 0 N–H and O–H groups in total. The van der Waals surface area contributed by atoms with Crippen LogP contribution in [0.1, 0.15) is 52.4 Å². The summed E-state index contributed by atoms with van der Waals surface area (Å²) in [5.41, 5.74) is 3.39. The van der Waals surface area contributed by atoms with Gasteiger partial charge in [-0.15, -0.1) is 0 Å². The summed E-state index contributed by atoms with van der Waals surface area (Å²) < 4.78 is 0. The van der Waals surface area contributed by atoms with Crippen molar-refractivity contribution in [3.05, 3.63) is 70.8 Å². The maximum atomic E-state index is 13.1. The number of piperidine rings is 1. The SMILES string of the molecule is CN(C)Cc1ccc([C@@H]2CCCCN2C(=O)c2ccccc2C#N)cc1. The van der Waals surface area contributed by atoms with Gasteiger partial charge in [0.2, 0.25) is 0 Å². The summed E-state index contributed by atoms with van der Waals surface area (Å²) in [5.74, 6) is -0.0378. The first-order valence-electron chi connectivity index (χ1n) is 9.14. The number of hydrogen-bond acceptors (Lipinski definition) is 3. The largest absolute Gasteiger partial charge is 0.332 e. The van der Waals surface area contributed by atoms with Crippen LogP contribution in [0.15, 0.2) is 48.5 Å². The number of likely N-dealkylation sites (tertiary alicyclic amines) is 1. The van der Waals surface area contributed by atoms with E-state index in [1.165, 1.54) is 11.1 Å². The summed E-state index contributed by atoms with van der Waals surface area (Å²) >= 11 is 0. The van der Waals surface area contributed by atoms with Crippen LogP contribution < -0.4 is 0 Å². The third-order valence-electron chi connectivity index (χ3n) is 4.90. The Labute approximate surface area is 155 Å². The number of nitrogens with zero attached hydrogens (tertiary/aromatic N) is 3. The average molecular weight is 347 g/mol. The van der Waals surface area contributed by atoms with Crippen LogP contribution in [0.4, 0.5) is 0 Å². The lowest BCUT2D eigenvalue weighted by molar-refractivity contribution is 0.0611. The fourth-order valence-corrected chi connectivity index (χ4v) is 3.65. The van der Waals surface area contributed by atoms with E-state index in [0.717, 1.165) is 32.4 Å². The first-order valence-corrected chi connectivity index (χ1v) is 9.14. The fourth-order valence-electron chi connectivity index (χ4n) is 3.65. The van der Waals surface area contributed by atoms with Crippen molar-refractivity contribution in [3.63, 3.8) is 0 Å². The molecule has 1 aliphatic rings. The lowest BCUT2D eigenvalue weighted by Crippen LogP contribution is -2.38. The van der Waals surface area contributed by atoms with Gasteiger partial charge in [-0.3, -0.25) is 4.79 Å². The van der Waals surface area contributed by atoms with Crippen molar-refractivity contribution in [1.82, 2.24) is 9.80 Å². The third kappa shape index (κ3) is 3.95. The van der Waals surface area contributed by atoms with Gasteiger partial charge < -0.3 is 9.80 Å². The van der Waals surface area contributed by atoms with Crippen LogP contribution in [0.25, 0.3) is 0 Å². The first-order chi connectivity index (χ1) is 12.6. The van der Waals surface area contributed by atoms with Crippen molar-refractivity contribution < 1.29 is 4.79 Å². The van der Waals surface area contributed by atoms with Gasteiger partial charge in [0.05, 0.1) is 23.2 Å². The molecule has 0 aliphatic carbocycles. The Morgan fingerprint density at radius 3 is 2.58 bits per heavy atom. The zero-order chi connectivity index (χ0) is 18.5. The van der Waals surface area contributed by atoms with E-state index < -0.39 is 0 Å². The zero-order valence-corrected chi connectivity index (χ0v) is 15.5. The van der Waals surface area contributed by atoms with Crippen molar-refractivity contribution in [2.75, 3.05) is 20.6 Å². The minimum absolute atomic E-state index is 0.0378.